The van der Waals surface area contributed by atoms with E-state index in [0.717, 1.165) is 11.5 Å². The summed E-state index contributed by atoms with van der Waals surface area (Å²) >= 11 is 9.92. The fourth-order valence-corrected chi connectivity index (χ4v) is 1.55. The van der Waals surface area contributed by atoms with Gasteiger partial charge in [0.15, 0.2) is 4.77 Å². The van der Waals surface area contributed by atoms with Crippen LogP contribution < -0.4 is 10.6 Å². The molecule has 0 fully saturated rings. The summed E-state index contributed by atoms with van der Waals surface area (Å²) in [5.41, 5.74) is 0.897. The number of hydrogen-bond acceptors (Lipinski definition) is 4. The van der Waals surface area contributed by atoms with Gasteiger partial charge in [-0.25, -0.2) is 0 Å². The van der Waals surface area contributed by atoms with Crippen molar-refractivity contribution in [3.05, 3.63) is 9.41 Å². The van der Waals surface area contributed by atoms with Crippen LogP contribution >= 0.6 is 24.4 Å². The Balaban J connectivity index is 2.80. The second-order valence-corrected chi connectivity index (χ2v) is 3.01. The summed E-state index contributed by atoms with van der Waals surface area (Å²) in [5, 5.41) is 6.13. The van der Waals surface area contributed by atoms with Gasteiger partial charge >= 0.3 is 0 Å². The first kappa shape index (κ1) is 6.81. The molecule has 2 rings (SSSR count). The summed E-state index contributed by atoms with van der Waals surface area (Å²) in [6.07, 6.45) is 0. The molecule has 58 valence electrons. The van der Waals surface area contributed by atoms with Crippen molar-refractivity contribution in [1.29, 1.82) is 0 Å². The number of aromatic amines is 2. The molecule has 0 amide bonds. The molecule has 1 aromatic heterocycles. The first-order chi connectivity index (χ1) is 5.27. The molecule has 0 unspecified atom stereocenters. The highest BCUT2D eigenvalue weighted by Gasteiger charge is 2.09. The number of H-pyrrole nitrogens is 2. The largest absolute Gasteiger partial charge is 0.363 e. The lowest BCUT2D eigenvalue weighted by Crippen LogP contribution is -1.99. The van der Waals surface area contributed by atoms with Gasteiger partial charge in [0, 0.05) is 0 Å². The highest BCUT2D eigenvalue weighted by atomic mass is 32.1. The van der Waals surface area contributed by atoms with Gasteiger partial charge in [0.05, 0.1) is 6.67 Å². The van der Waals surface area contributed by atoms with E-state index in [1.54, 1.807) is 0 Å². The van der Waals surface area contributed by atoms with Gasteiger partial charge in [0.1, 0.15) is 16.1 Å². The van der Waals surface area contributed by atoms with Crippen molar-refractivity contribution in [3.8, 4) is 0 Å². The Labute approximate surface area is 73.0 Å². The summed E-state index contributed by atoms with van der Waals surface area (Å²) in [4.78, 5) is 5.79. The van der Waals surface area contributed by atoms with E-state index in [9.17, 15) is 0 Å². The Hall–Kier alpha value is -0.880. The molecule has 1 aromatic rings. The van der Waals surface area contributed by atoms with Crippen LogP contribution in [0.1, 0.15) is 0 Å². The molecular formula is C5H6N4S2. The van der Waals surface area contributed by atoms with Crippen molar-refractivity contribution in [2.24, 2.45) is 0 Å². The number of anilines is 2. The van der Waals surface area contributed by atoms with Crippen molar-refractivity contribution in [2.75, 3.05) is 17.3 Å². The van der Waals surface area contributed by atoms with Gasteiger partial charge in [0.25, 0.3) is 0 Å². The molecule has 0 radical (unpaired) electrons. The lowest BCUT2D eigenvalue weighted by atomic mass is 10.5. The van der Waals surface area contributed by atoms with E-state index in [0.29, 0.717) is 16.1 Å². The van der Waals surface area contributed by atoms with Gasteiger partial charge in [-0.3, -0.25) is 0 Å². The van der Waals surface area contributed by atoms with E-state index in [2.05, 4.69) is 20.6 Å². The zero-order valence-corrected chi connectivity index (χ0v) is 7.16. The zero-order valence-electron chi connectivity index (χ0n) is 5.52. The SMILES string of the molecule is S=c1[nH]c2c(c(=S)[nH]1)NCN2. The maximum atomic E-state index is 5.02. The number of nitrogens with one attached hydrogen (secondary N) is 4. The Morgan fingerprint density at radius 3 is 2.73 bits per heavy atom. The Morgan fingerprint density at radius 1 is 1.09 bits per heavy atom. The average Bonchev–Trinajstić information content (AvgIpc) is 2.34. The van der Waals surface area contributed by atoms with Crippen LogP contribution in [-0.2, 0) is 0 Å². The van der Waals surface area contributed by atoms with Gasteiger partial charge in [-0.15, -0.1) is 0 Å². The summed E-state index contributed by atoms with van der Waals surface area (Å²) in [6, 6.07) is 0. The quantitative estimate of drug-likeness (QED) is 0.465. The molecule has 0 saturated carbocycles. The minimum absolute atomic E-state index is 0.546. The second-order valence-electron chi connectivity index (χ2n) is 2.19. The fourth-order valence-electron chi connectivity index (χ4n) is 1.01. The van der Waals surface area contributed by atoms with Crippen molar-refractivity contribution in [1.82, 2.24) is 9.97 Å². The minimum atomic E-state index is 0.546. The van der Waals surface area contributed by atoms with Gasteiger partial charge in [-0.1, -0.05) is 12.2 Å². The van der Waals surface area contributed by atoms with Crippen LogP contribution in [0.5, 0.6) is 0 Å². The molecule has 0 aromatic carbocycles. The van der Waals surface area contributed by atoms with Crippen molar-refractivity contribution in [3.63, 3.8) is 0 Å². The molecule has 0 spiro atoms. The van der Waals surface area contributed by atoms with E-state index in [1.807, 2.05) is 0 Å². The second kappa shape index (κ2) is 2.31. The van der Waals surface area contributed by atoms with Crippen molar-refractivity contribution >= 4 is 35.9 Å². The molecule has 6 heteroatoms. The number of fused-ring (bicyclic) bond motifs is 1. The van der Waals surface area contributed by atoms with Crippen LogP contribution in [-0.4, -0.2) is 16.6 Å². The lowest BCUT2D eigenvalue weighted by Gasteiger charge is -1.96. The zero-order chi connectivity index (χ0) is 7.84. The van der Waals surface area contributed by atoms with Crippen LogP contribution in [0.4, 0.5) is 11.5 Å². The molecule has 1 aliphatic rings. The predicted molar refractivity (Wildman–Crippen MR) is 48.9 cm³/mol. The van der Waals surface area contributed by atoms with Gasteiger partial charge < -0.3 is 20.6 Å². The van der Waals surface area contributed by atoms with E-state index in [-0.39, 0.29) is 0 Å². The van der Waals surface area contributed by atoms with E-state index >= 15 is 0 Å². The Morgan fingerprint density at radius 2 is 1.91 bits per heavy atom. The number of rotatable bonds is 0. The van der Waals surface area contributed by atoms with Crippen molar-refractivity contribution < 1.29 is 0 Å². The molecule has 0 aliphatic carbocycles. The van der Waals surface area contributed by atoms with Crippen LogP contribution in [0.3, 0.4) is 0 Å². The van der Waals surface area contributed by atoms with E-state index < -0.39 is 0 Å². The molecule has 1 aliphatic heterocycles. The molecule has 2 heterocycles. The van der Waals surface area contributed by atoms with E-state index in [1.165, 1.54) is 0 Å². The third-order valence-corrected chi connectivity index (χ3v) is 1.98. The molecule has 4 nitrogen and oxygen atoms in total. The third kappa shape index (κ3) is 1.04. The molecule has 0 atom stereocenters. The number of hydrogen-bond donors (Lipinski definition) is 4. The maximum Gasteiger partial charge on any atom is 0.177 e. The van der Waals surface area contributed by atoms with Crippen LogP contribution in [0, 0.1) is 9.41 Å². The summed E-state index contributed by atoms with van der Waals surface area (Å²) in [7, 11) is 0. The predicted octanol–water partition coefficient (Wildman–Crippen LogP) is 1.60. The van der Waals surface area contributed by atoms with Crippen LogP contribution in [0.15, 0.2) is 0 Å². The van der Waals surface area contributed by atoms with E-state index in [4.69, 9.17) is 24.4 Å². The van der Waals surface area contributed by atoms with Crippen LogP contribution in [0.2, 0.25) is 0 Å². The first-order valence-electron chi connectivity index (χ1n) is 3.12. The summed E-state index contributed by atoms with van der Waals surface area (Å²) < 4.78 is 1.19. The van der Waals surface area contributed by atoms with Crippen molar-refractivity contribution in [2.45, 2.75) is 0 Å². The smallest absolute Gasteiger partial charge is 0.177 e. The normalized spacial score (nSPS) is 13.5. The maximum absolute atomic E-state index is 5.02. The summed E-state index contributed by atoms with van der Waals surface area (Å²) in [5.74, 6) is 0.874. The van der Waals surface area contributed by atoms with Gasteiger partial charge in [-0.05, 0) is 12.2 Å². The van der Waals surface area contributed by atoms with Crippen LogP contribution in [0.25, 0.3) is 0 Å². The molecular weight excluding hydrogens is 180 g/mol. The third-order valence-electron chi connectivity index (χ3n) is 1.47. The average molecular weight is 186 g/mol. The standard InChI is InChI=1S/C5H6N4S2/c10-4-2-3(7-1-6-2)8-5(11)9-4/h6H,1H2,(H3,7,8,9,10,11). The monoisotopic (exact) mass is 186 g/mol. The fraction of sp³-hybridized carbons (Fsp3) is 0.200. The number of aromatic nitrogens is 2. The molecule has 11 heavy (non-hydrogen) atoms. The topological polar surface area (TPSA) is 55.6 Å². The molecule has 0 saturated heterocycles. The highest BCUT2D eigenvalue weighted by molar-refractivity contribution is 7.72. The van der Waals surface area contributed by atoms with Gasteiger partial charge in [0.2, 0.25) is 0 Å². The molecule has 4 N–H and O–H groups in total. The Bertz CT molecular complexity index is 390. The minimum Gasteiger partial charge on any atom is -0.363 e. The molecule has 0 bridgehead atoms. The first-order valence-corrected chi connectivity index (χ1v) is 3.93. The Kier molecular flexibility index (Phi) is 1.43. The highest BCUT2D eigenvalue weighted by Crippen LogP contribution is 2.22. The summed E-state index contributed by atoms with van der Waals surface area (Å²) in [6.45, 7) is 0.697. The van der Waals surface area contributed by atoms with Gasteiger partial charge in [-0.2, -0.15) is 0 Å². The lowest BCUT2D eigenvalue weighted by molar-refractivity contribution is 1.14.